The second-order valence-electron chi connectivity index (χ2n) is 4.55. The van der Waals surface area contributed by atoms with E-state index in [0.29, 0.717) is 16.8 Å². The lowest BCUT2D eigenvalue weighted by molar-refractivity contribution is -0.138. The molecule has 6 heteroatoms. The molecule has 20 heavy (non-hydrogen) atoms. The van der Waals surface area contributed by atoms with Crippen LogP contribution < -0.4 is 5.32 Å². The maximum Gasteiger partial charge on any atom is 0.416 e. The third-order valence-electron chi connectivity index (χ3n) is 3.17. The molecule has 0 aliphatic carbocycles. The number of nitrogens with one attached hydrogen (secondary N) is 1. The molecule has 1 aliphatic rings. The third kappa shape index (κ3) is 3.35. The number of hydrogen-bond acceptors (Lipinski definition) is 2. The van der Waals surface area contributed by atoms with Crippen LogP contribution in [0.4, 0.5) is 13.2 Å². The van der Waals surface area contributed by atoms with E-state index in [1.165, 1.54) is 6.07 Å². The van der Waals surface area contributed by atoms with Crippen LogP contribution >= 0.6 is 15.9 Å². The van der Waals surface area contributed by atoms with Gasteiger partial charge in [-0.15, -0.1) is 0 Å². The summed E-state index contributed by atoms with van der Waals surface area (Å²) in [5, 5.41) is 2.91. The van der Waals surface area contributed by atoms with Crippen LogP contribution in [-0.2, 0) is 10.9 Å². The summed E-state index contributed by atoms with van der Waals surface area (Å²) in [6.45, 7) is 0.544. The lowest BCUT2D eigenvalue weighted by Crippen LogP contribution is -2.25. The van der Waals surface area contributed by atoms with Crippen molar-refractivity contribution in [2.45, 2.75) is 25.1 Å². The van der Waals surface area contributed by atoms with E-state index in [9.17, 15) is 13.2 Å². The number of likely N-dealkylation sites (N-methyl/N-ethyl adjacent to an activating group) is 1. The van der Waals surface area contributed by atoms with Crippen molar-refractivity contribution in [1.29, 1.82) is 0 Å². The lowest BCUT2D eigenvalue weighted by Gasteiger charge is -2.26. The summed E-state index contributed by atoms with van der Waals surface area (Å²) in [5.74, 6) is 0.562. The summed E-state index contributed by atoms with van der Waals surface area (Å²) in [5.41, 5.74) is -0.474. The van der Waals surface area contributed by atoms with Crippen molar-refractivity contribution in [2.75, 3.05) is 13.7 Å². The van der Waals surface area contributed by atoms with Crippen LogP contribution in [0.25, 0.3) is 0 Å². The number of benzene rings is 1. The first-order valence-electron chi connectivity index (χ1n) is 6.30. The monoisotopic (exact) mass is 349 g/mol. The SMILES string of the molecule is CNC(C1=CCCCO1)c1ccc(Br)cc1C(F)(F)F. The maximum atomic E-state index is 13.2. The summed E-state index contributed by atoms with van der Waals surface area (Å²) < 4.78 is 45.5. The molecule has 1 atom stereocenters. The van der Waals surface area contributed by atoms with Crippen LogP contribution in [0, 0.1) is 0 Å². The Morgan fingerprint density at radius 3 is 2.65 bits per heavy atom. The predicted octanol–water partition coefficient (Wildman–Crippen LogP) is 4.42. The van der Waals surface area contributed by atoms with E-state index in [1.807, 2.05) is 6.08 Å². The first kappa shape index (κ1) is 15.4. The first-order chi connectivity index (χ1) is 9.43. The summed E-state index contributed by atoms with van der Waals surface area (Å²) in [7, 11) is 1.63. The minimum absolute atomic E-state index is 0.177. The zero-order valence-electron chi connectivity index (χ0n) is 10.9. The zero-order valence-corrected chi connectivity index (χ0v) is 12.5. The van der Waals surface area contributed by atoms with Gasteiger partial charge in [-0.25, -0.2) is 0 Å². The fourth-order valence-electron chi connectivity index (χ4n) is 2.25. The van der Waals surface area contributed by atoms with Gasteiger partial charge in [0.15, 0.2) is 0 Å². The number of ether oxygens (including phenoxy) is 1. The Labute approximate surface area is 124 Å². The highest BCUT2D eigenvalue weighted by Crippen LogP contribution is 2.38. The van der Waals surface area contributed by atoms with Crippen LogP contribution in [0.2, 0.25) is 0 Å². The van der Waals surface area contributed by atoms with Crippen LogP contribution in [0.1, 0.15) is 30.0 Å². The summed E-state index contributed by atoms with van der Waals surface area (Å²) in [4.78, 5) is 0. The van der Waals surface area contributed by atoms with Crippen LogP contribution in [0.3, 0.4) is 0 Å². The average molecular weight is 350 g/mol. The van der Waals surface area contributed by atoms with Gasteiger partial charge >= 0.3 is 6.18 Å². The quantitative estimate of drug-likeness (QED) is 0.871. The molecule has 0 bridgehead atoms. The molecule has 1 heterocycles. The molecule has 1 aliphatic heterocycles. The molecule has 2 rings (SSSR count). The van der Waals surface area contributed by atoms with Gasteiger partial charge in [0.05, 0.1) is 18.2 Å². The molecular weight excluding hydrogens is 335 g/mol. The largest absolute Gasteiger partial charge is 0.496 e. The molecule has 110 valence electrons. The Bertz CT molecular complexity index is 514. The first-order valence-corrected chi connectivity index (χ1v) is 7.09. The van der Waals surface area contributed by atoms with Gasteiger partial charge in [-0.05, 0) is 43.7 Å². The molecule has 0 fully saturated rings. The van der Waals surface area contributed by atoms with E-state index >= 15 is 0 Å². The van der Waals surface area contributed by atoms with Gasteiger partial charge in [-0.2, -0.15) is 13.2 Å². The number of alkyl halides is 3. The molecule has 1 N–H and O–H groups in total. The standard InChI is InChI=1S/C14H15BrF3NO/c1-19-13(12-4-2-3-7-20-12)10-6-5-9(15)8-11(10)14(16,17)18/h4-6,8,13,19H,2-3,7H2,1H3. The van der Waals surface area contributed by atoms with Gasteiger partial charge in [0.25, 0.3) is 0 Å². The third-order valence-corrected chi connectivity index (χ3v) is 3.66. The molecule has 0 saturated heterocycles. The molecule has 0 amide bonds. The van der Waals surface area contributed by atoms with Crippen molar-refractivity contribution < 1.29 is 17.9 Å². The van der Waals surface area contributed by atoms with Gasteiger partial charge in [-0.3, -0.25) is 0 Å². The molecule has 1 aromatic carbocycles. The van der Waals surface area contributed by atoms with E-state index in [0.717, 1.165) is 18.9 Å². The van der Waals surface area contributed by atoms with Crippen molar-refractivity contribution in [1.82, 2.24) is 5.32 Å². The Hall–Kier alpha value is -1.01. The molecule has 0 spiro atoms. The topological polar surface area (TPSA) is 21.3 Å². The van der Waals surface area contributed by atoms with Crippen molar-refractivity contribution >= 4 is 15.9 Å². The maximum absolute atomic E-state index is 13.2. The highest BCUT2D eigenvalue weighted by atomic mass is 79.9. The summed E-state index contributed by atoms with van der Waals surface area (Å²) >= 11 is 3.09. The Morgan fingerprint density at radius 2 is 2.10 bits per heavy atom. The number of hydrogen-bond donors (Lipinski definition) is 1. The summed E-state index contributed by atoms with van der Waals surface area (Å²) in [6.07, 6.45) is -0.825. The Kier molecular flexibility index (Phi) is 4.75. The highest BCUT2D eigenvalue weighted by molar-refractivity contribution is 9.10. The Balaban J connectivity index is 2.46. The molecular formula is C14H15BrF3NO. The minimum atomic E-state index is -4.40. The van der Waals surface area contributed by atoms with Crippen LogP contribution in [0.5, 0.6) is 0 Å². The minimum Gasteiger partial charge on any atom is -0.496 e. The zero-order chi connectivity index (χ0) is 14.8. The van der Waals surface area contributed by atoms with Crippen molar-refractivity contribution in [3.8, 4) is 0 Å². The van der Waals surface area contributed by atoms with Crippen molar-refractivity contribution in [3.05, 3.63) is 45.6 Å². The van der Waals surface area contributed by atoms with Crippen molar-refractivity contribution in [3.63, 3.8) is 0 Å². The number of halogens is 4. The van der Waals surface area contributed by atoms with Crippen molar-refractivity contribution in [2.24, 2.45) is 0 Å². The van der Waals surface area contributed by atoms with Crippen LogP contribution in [0.15, 0.2) is 34.5 Å². The number of rotatable bonds is 3. The highest BCUT2D eigenvalue weighted by Gasteiger charge is 2.36. The predicted molar refractivity (Wildman–Crippen MR) is 74.2 cm³/mol. The number of allylic oxidation sites excluding steroid dienone is 1. The fourth-order valence-corrected chi connectivity index (χ4v) is 2.62. The van der Waals surface area contributed by atoms with E-state index < -0.39 is 17.8 Å². The molecule has 0 radical (unpaired) electrons. The van der Waals surface area contributed by atoms with E-state index in [1.54, 1.807) is 13.1 Å². The van der Waals surface area contributed by atoms with Gasteiger partial charge in [0.1, 0.15) is 5.76 Å². The summed E-state index contributed by atoms with van der Waals surface area (Å²) in [6, 6.07) is 3.61. The molecule has 2 nitrogen and oxygen atoms in total. The smallest absolute Gasteiger partial charge is 0.416 e. The van der Waals surface area contributed by atoms with Gasteiger partial charge < -0.3 is 10.1 Å². The molecule has 0 saturated carbocycles. The second kappa shape index (κ2) is 6.18. The second-order valence-corrected chi connectivity index (χ2v) is 5.46. The normalized spacial score (nSPS) is 17.4. The van der Waals surface area contributed by atoms with Crippen LogP contribution in [-0.4, -0.2) is 13.7 Å². The van der Waals surface area contributed by atoms with E-state index in [2.05, 4.69) is 21.2 Å². The average Bonchev–Trinajstić information content (AvgIpc) is 2.41. The molecule has 0 aromatic heterocycles. The van der Waals surface area contributed by atoms with E-state index in [4.69, 9.17) is 4.74 Å². The molecule has 1 unspecified atom stereocenters. The lowest BCUT2D eigenvalue weighted by atomic mass is 9.97. The fraction of sp³-hybridized carbons (Fsp3) is 0.429. The van der Waals surface area contributed by atoms with E-state index in [-0.39, 0.29) is 5.56 Å². The van der Waals surface area contributed by atoms with Gasteiger partial charge in [0, 0.05) is 4.47 Å². The Morgan fingerprint density at radius 1 is 1.35 bits per heavy atom. The van der Waals surface area contributed by atoms with Gasteiger partial charge in [-0.1, -0.05) is 22.0 Å². The molecule has 1 aromatic rings. The van der Waals surface area contributed by atoms with Gasteiger partial charge in [0.2, 0.25) is 0 Å².